The molecule has 0 radical (unpaired) electrons. The van der Waals surface area contributed by atoms with E-state index in [-0.39, 0.29) is 11.5 Å². The Morgan fingerprint density at radius 2 is 1.83 bits per heavy atom. The van der Waals surface area contributed by atoms with Crippen LogP contribution in [0.25, 0.3) is 22.4 Å². The van der Waals surface area contributed by atoms with Crippen LogP contribution < -0.4 is 5.32 Å². The highest BCUT2D eigenvalue weighted by Gasteiger charge is 2.23. The molecule has 2 aromatic carbocycles. The van der Waals surface area contributed by atoms with E-state index < -0.39 is 5.97 Å². The molecule has 5 rings (SSSR count). The first-order valence-electron chi connectivity index (χ1n) is 12.1. The molecule has 4 aromatic rings. The van der Waals surface area contributed by atoms with E-state index in [2.05, 4.69) is 14.9 Å². The van der Waals surface area contributed by atoms with Crippen LogP contribution in [0.1, 0.15) is 64.6 Å². The summed E-state index contributed by atoms with van der Waals surface area (Å²) in [5.41, 5.74) is 4.16. The molecule has 7 heteroatoms. The maximum absolute atomic E-state index is 12.9. The maximum atomic E-state index is 12.9. The molecule has 1 saturated carbocycles. The minimum Gasteiger partial charge on any atom is -0.478 e. The molecule has 0 bridgehead atoms. The van der Waals surface area contributed by atoms with Gasteiger partial charge in [-0.3, -0.25) is 9.78 Å². The van der Waals surface area contributed by atoms with E-state index in [1.165, 1.54) is 6.42 Å². The van der Waals surface area contributed by atoms with Crippen LogP contribution in [0.3, 0.4) is 0 Å². The summed E-state index contributed by atoms with van der Waals surface area (Å²) in [5, 5.41) is 12.4. The molecule has 2 N–H and O–H groups in total. The van der Waals surface area contributed by atoms with Gasteiger partial charge >= 0.3 is 5.97 Å². The number of pyridine rings is 1. The van der Waals surface area contributed by atoms with Crippen molar-refractivity contribution in [2.75, 3.05) is 6.54 Å². The monoisotopic (exact) mass is 468 g/mol. The molecular weight excluding hydrogens is 440 g/mol. The van der Waals surface area contributed by atoms with Gasteiger partial charge in [-0.25, -0.2) is 9.78 Å². The van der Waals surface area contributed by atoms with E-state index in [4.69, 9.17) is 4.98 Å². The fourth-order valence-electron chi connectivity index (χ4n) is 4.90. The number of hydrogen-bond acceptors (Lipinski definition) is 4. The van der Waals surface area contributed by atoms with Gasteiger partial charge in [0.15, 0.2) is 0 Å². The van der Waals surface area contributed by atoms with Gasteiger partial charge in [0.2, 0.25) is 0 Å². The molecule has 1 aliphatic rings. The van der Waals surface area contributed by atoms with Gasteiger partial charge in [-0.15, -0.1) is 0 Å². The molecule has 0 atom stereocenters. The number of nitrogens with one attached hydrogen (secondary N) is 1. The number of amides is 1. The van der Waals surface area contributed by atoms with E-state index in [1.807, 2.05) is 42.5 Å². The summed E-state index contributed by atoms with van der Waals surface area (Å²) in [6, 6.07) is 18.7. The first-order valence-corrected chi connectivity index (χ1v) is 12.1. The maximum Gasteiger partial charge on any atom is 0.335 e. The normalized spacial score (nSPS) is 14.2. The summed E-state index contributed by atoms with van der Waals surface area (Å²) >= 11 is 0. The third-order valence-electron chi connectivity index (χ3n) is 6.65. The zero-order valence-electron chi connectivity index (χ0n) is 19.5. The smallest absolute Gasteiger partial charge is 0.335 e. The number of carbonyl (C=O) groups excluding carboxylic acids is 1. The second-order valence-electron chi connectivity index (χ2n) is 9.01. The van der Waals surface area contributed by atoms with Crippen molar-refractivity contribution in [3.8, 4) is 11.4 Å². The van der Waals surface area contributed by atoms with E-state index in [1.54, 1.807) is 24.4 Å². The van der Waals surface area contributed by atoms with Gasteiger partial charge in [-0.2, -0.15) is 0 Å². The van der Waals surface area contributed by atoms with Crippen LogP contribution in [0.4, 0.5) is 0 Å². The molecular formula is C28H28N4O3. The van der Waals surface area contributed by atoms with Gasteiger partial charge in [0.05, 0.1) is 16.6 Å². The number of carbonyl (C=O) groups is 2. The van der Waals surface area contributed by atoms with Crippen LogP contribution >= 0.6 is 0 Å². The van der Waals surface area contributed by atoms with Crippen molar-refractivity contribution in [2.24, 2.45) is 0 Å². The number of nitrogens with zero attached hydrogens (tertiary/aromatic N) is 3. The van der Waals surface area contributed by atoms with Crippen LogP contribution in [0, 0.1) is 0 Å². The van der Waals surface area contributed by atoms with Crippen molar-refractivity contribution in [2.45, 2.75) is 44.6 Å². The fourth-order valence-corrected chi connectivity index (χ4v) is 4.90. The Kier molecular flexibility index (Phi) is 6.57. The fraction of sp³-hybridized carbons (Fsp3) is 0.286. The van der Waals surface area contributed by atoms with Gasteiger partial charge in [0.25, 0.3) is 5.91 Å². The molecule has 0 unspecified atom stereocenters. The van der Waals surface area contributed by atoms with Gasteiger partial charge in [-0.05, 0) is 55.3 Å². The summed E-state index contributed by atoms with van der Waals surface area (Å²) in [6.07, 6.45) is 8.09. The Morgan fingerprint density at radius 3 is 2.60 bits per heavy atom. The van der Waals surface area contributed by atoms with Crippen molar-refractivity contribution >= 4 is 22.9 Å². The number of aromatic nitrogens is 3. The summed E-state index contributed by atoms with van der Waals surface area (Å²) in [4.78, 5) is 33.6. The van der Waals surface area contributed by atoms with Crippen LogP contribution in [0.15, 0.2) is 66.9 Å². The number of benzene rings is 2. The topological polar surface area (TPSA) is 97.1 Å². The summed E-state index contributed by atoms with van der Waals surface area (Å²) < 4.78 is 2.25. The van der Waals surface area contributed by atoms with Crippen molar-refractivity contribution < 1.29 is 14.7 Å². The molecule has 0 saturated heterocycles. The van der Waals surface area contributed by atoms with Gasteiger partial charge in [-0.1, -0.05) is 37.5 Å². The zero-order chi connectivity index (χ0) is 24.2. The minimum absolute atomic E-state index is 0.142. The minimum atomic E-state index is -0.968. The molecule has 1 aliphatic carbocycles. The standard InChI is InChI=1S/C28H28N4O3/c33-27(30-16-14-22-9-4-5-15-29-22)20-8-6-7-19(17-20)26-31-24-18-21(28(34)35)12-13-25(24)32(26)23-10-2-1-3-11-23/h4-9,12-13,15,17-18,23H,1-3,10-11,14,16H2,(H,30,33)(H,34,35). The molecule has 0 aliphatic heterocycles. The Labute approximate surface area is 203 Å². The summed E-state index contributed by atoms with van der Waals surface area (Å²) in [5.74, 6) is -0.334. The molecule has 35 heavy (non-hydrogen) atoms. The Bertz CT molecular complexity index is 1360. The zero-order valence-corrected chi connectivity index (χ0v) is 19.5. The van der Waals surface area contributed by atoms with Crippen molar-refractivity contribution in [3.05, 3.63) is 83.7 Å². The molecule has 0 spiro atoms. The molecule has 2 heterocycles. The Balaban J connectivity index is 1.45. The number of hydrogen-bond donors (Lipinski definition) is 2. The van der Waals surface area contributed by atoms with E-state index in [9.17, 15) is 14.7 Å². The second-order valence-corrected chi connectivity index (χ2v) is 9.01. The Morgan fingerprint density at radius 1 is 0.971 bits per heavy atom. The van der Waals surface area contributed by atoms with E-state index >= 15 is 0 Å². The first-order chi connectivity index (χ1) is 17.1. The predicted molar refractivity (Wildman–Crippen MR) is 135 cm³/mol. The average molecular weight is 469 g/mol. The highest BCUT2D eigenvalue weighted by molar-refractivity contribution is 5.96. The van der Waals surface area contributed by atoms with Crippen LogP contribution in [-0.2, 0) is 6.42 Å². The highest BCUT2D eigenvalue weighted by Crippen LogP contribution is 2.36. The van der Waals surface area contributed by atoms with E-state index in [0.29, 0.717) is 30.1 Å². The number of fused-ring (bicyclic) bond motifs is 1. The van der Waals surface area contributed by atoms with Crippen molar-refractivity contribution in [1.82, 2.24) is 19.9 Å². The van der Waals surface area contributed by atoms with Gasteiger partial charge in [0, 0.05) is 42.0 Å². The SMILES string of the molecule is O=C(O)c1ccc2c(c1)nc(-c1cccc(C(=O)NCCc3ccccn3)c1)n2C1CCCCC1. The van der Waals surface area contributed by atoms with Gasteiger partial charge in [0.1, 0.15) is 5.82 Å². The number of aromatic carboxylic acids is 1. The molecule has 178 valence electrons. The highest BCUT2D eigenvalue weighted by atomic mass is 16.4. The number of carboxylic acid groups (broad SMARTS) is 1. The lowest BCUT2D eigenvalue weighted by Gasteiger charge is -2.25. The summed E-state index contributed by atoms with van der Waals surface area (Å²) in [7, 11) is 0. The van der Waals surface area contributed by atoms with Crippen LogP contribution in [-0.4, -0.2) is 38.1 Å². The largest absolute Gasteiger partial charge is 0.478 e. The molecule has 1 amide bonds. The Hall–Kier alpha value is -4.00. The number of rotatable bonds is 7. The first kappa shape index (κ1) is 22.8. The number of carboxylic acids is 1. The molecule has 1 fully saturated rings. The van der Waals surface area contributed by atoms with Crippen LogP contribution in [0.5, 0.6) is 0 Å². The lowest BCUT2D eigenvalue weighted by molar-refractivity contribution is 0.0696. The average Bonchev–Trinajstić information content (AvgIpc) is 3.29. The van der Waals surface area contributed by atoms with E-state index in [0.717, 1.165) is 48.3 Å². The van der Waals surface area contributed by atoms with Crippen molar-refractivity contribution in [3.63, 3.8) is 0 Å². The van der Waals surface area contributed by atoms with Crippen LogP contribution in [0.2, 0.25) is 0 Å². The third-order valence-corrected chi connectivity index (χ3v) is 6.65. The van der Waals surface area contributed by atoms with Gasteiger partial charge < -0.3 is 15.0 Å². The molecule has 2 aromatic heterocycles. The predicted octanol–water partition coefficient (Wildman–Crippen LogP) is 5.27. The lowest BCUT2D eigenvalue weighted by Crippen LogP contribution is -2.25. The lowest BCUT2D eigenvalue weighted by atomic mass is 9.94. The van der Waals surface area contributed by atoms with Crippen molar-refractivity contribution in [1.29, 1.82) is 0 Å². The molecule has 7 nitrogen and oxygen atoms in total. The third kappa shape index (κ3) is 4.94. The summed E-state index contributed by atoms with van der Waals surface area (Å²) in [6.45, 7) is 0.499. The second kappa shape index (κ2) is 10.1. The number of imidazole rings is 1. The quantitative estimate of drug-likeness (QED) is 0.385.